The molecule has 2 amide bonds. The van der Waals surface area contributed by atoms with Gasteiger partial charge < -0.3 is 15.5 Å². The van der Waals surface area contributed by atoms with Gasteiger partial charge in [0, 0.05) is 16.5 Å². The Labute approximate surface area is 134 Å². The van der Waals surface area contributed by atoms with Gasteiger partial charge in [-0.1, -0.05) is 0 Å². The van der Waals surface area contributed by atoms with E-state index >= 15 is 0 Å². The SMILES string of the molecule is CC1Sc2ccc(C(=O)NC3CCN(C)CC3)cc2NC1=O. The lowest BCUT2D eigenvalue weighted by Gasteiger charge is -2.29. The number of carbonyl (C=O) groups is 2. The average molecular weight is 319 g/mol. The Bertz CT molecular complexity index is 597. The van der Waals surface area contributed by atoms with Crippen LogP contribution in [0.25, 0.3) is 0 Å². The lowest BCUT2D eigenvalue weighted by molar-refractivity contribution is -0.115. The first kappa shape index (κ1) is 15.4. The summed E-state index contributed by atoms with van der Waals surface area (Å²) in [7, 11) is 2.10. The molecule has 2 aliphatic rings. The minimum Gasteiger partial charge on any atom is -0.349 e. The van der Waals surface area contributed by atoms with Crippen molar-refractivity contribution in [3.63, 3.8) is 0 Å². The van der Waals surface area contributed by atoms with Gasteiger partial charge in [0.15, 0.2) is 0 Å². The molecular weight excluding hydrogens is 298 g/mol. The lowest BCUT2D eigenvalue weighted by Crippen LogP contribution is -2.43. The first-order valence-electron chi connectivity index (χ1n) is 7.64. The Morgan fingerprint density at radius 3 is 2.82 bits per heavy atom. The molecule has 1 aromatic carbocycles. The molecule has 2 heterocycles. The van der Waals surface area contributed by atoms with E-state index in [0.717, 1.165) is 36.5 Å². The molecule has 3 rings (SSSR count). The minimum absolute atomic E-state index is 0.00891. The molecule has 0 radical (unpaired) electrons. The van der Waals surface area contributed by atoms with Gasteiger partial charge in [-0.15, -0.1) is 11.8 Å². The number of rotatable bonds is 2. The van der Waals surface area contributed by atoms with Crippen LogP contribution in [0.1, 0.15) is 30.1 Å². The van der Waals surface area contributed by atoms with Crippen LogP contribution in [0.5, 0.6) is 0 Å². The molecule has 5 nitrogen and oxygen atoms in total. The van der Waals surface area contributed by atoms with Crippen molar-refractivity contribution in [3.05, 3.63) is 23.8 Å². The first-order chi connectivity index (χ1) is 10.5. The Morgan fingerprint density at radius 1 is 1.36 bits per heavy atom. The van der Waals surface area contributed by atoms with Crippen LogP contribution in [-0.2, 0) is 4.79 Å². The molecule has 22 heavy (non-hydrogen) atoms. The molecule has 1 fully saturated rings. The molecule has 1 atom stereocenters. The van der Waals surface area contributed by atoms with Crippen LogP contribution in [0.2, 0.25) is 0 Å². The highest BCUT2D eigenvalue weighted by molar-refractivity contribution is 8.00. The second-order valence-electron chi connectivity index (χ2n) is 6.01. The van der Waals surface area contributed by atoms with E-state index in [2.05, 4.69) is 22.6 Å². The molecular formula is C16H21N3O2S. The van der Waals surface area contributed by atoms with Crippen molar-refractivity contribution in [2.45, 2.75) is 36.0 Å². The van der Waals surface area contributed by atoms with Crippen molar-refractivity contribution in [2.75, 3.05) is 25.5 Å². The maximum atomic E-state index is 12.4. The first-order valence-corrected chi connectivity index (χ1v) is 8.52. The number of thioether (sulfide) groups is 1. The van der Waals surface area contributed by atoms with Crippen molar-refractivity contribution in [2.24, 2.45) is 0 Å². The normalized spacial score (nSPS) is 22.8. The monoisotopic (exact) mass is 319 g/mol. The number of hydrogen-bond donors (Lipinski definition) is 2. The van der Waals surface area contributed by atoms with Gasteiger partial charge in [0.05, 0.1) is 10.9 Å². The fourth-order valence-corrected chi connectivity index (χ4v) is 3.70. The Hall–Kier alpha value is -1.53. The van der Waals surface area contributed by atoms with Gasteiger partial charge in [-0.3, -0.25) is 9.59 Å². The number of benzene rings is 1. The molecule has 1 saturated heterocycles. The molecule has 2 N–H and O–H groups in total. The molecule has 6 heteroatoms. The van der Waals surface area contributed by atoms with Crippen LogP contribution in [0.4, 0.5) is 5.69 Å². The Morgan fingerprint density at radius 2 is 2.09 bits per heavy atom. The van der Waals surface area contributed by atoms with E-state index < -0.39 is 0 Å². The largest absolute Gasteiger partial charge is 0.349 e. The summed E-state index contributed by atoms with van der Waals surface area (Å²) < 4.78 is 0. The number of hydrogen-bond acceptors (Lipinski definition) is 4. The van der Waals surface area contributed by atoms with Gasteiger partial charge in [0.1, 0.15) is 0 Å². The maximum Gasteiger partial charge on any atom is 0.251 e. The predicted octanol–water partition coefficient (Wildman–Crippen LogP) is 1.94. The summed E-state index contributed by atoms with van der Waals surface area (Å²) in [6.07, 6.45) is 1.97. The Balaban J connectivity index is 1.68. The number of carbonyl (C=O) groups excluding carboxylic acids is 2. The van der Waals surface area contributed by atoms with Crippen LogP contribution >= 0.6 is 11.8 Å². The summed E-state index contributed by atoms with van der Waals surface area (Å²) in [6.45, 7) is 3.91. The lowest BCUT2D eigenvalue weighted by atomic mass is 10.0. The van der Waals surface area contributed by atoms with E-state index in [0.29, 0.717) is 5.56 Å². The highest BCUT2D eigenvalue weighted by atomic mass is 32.2. The third kappa shape index (κ3) is 3.28. The fourth-order valence-electron chi connectivity index (χ4n) is 2.77. The van der Waals surface area contributed by atoms with E-state index in [-0.39, 0.29) is 23.1 Å². The van der Waals surface area contributed by atoms with Gasteiger partial charge in [0.25, 0.3) is 5.91 Å². The highest BCUT2D eigenvalue weighted by Crippen LogP contribution is 2.35. The van der Waals surface area contributed by atoms with E-state index in [1.54, 1.807) is 6.07 Å². The number of likely N-dealkylation sites (tertiary alicyclic amines) is 1. The molecule has 0 saturated carbocycles. The quantitative estimate of drug-likeness (QED) is 0.874. The minimum atomic E-state index is -0.0913. The van der Waals surface area contributed by atoms with Crippen molar-refractivity contribution < 1.29 is 9.59 Å². The number of anilines is 1. The van der Waals surface area contributed by atoms with Gasteiger partial charge in [-0.25, -0.2) is 0 Å². The number of piperidine rings is 1. The number of nitrogens with zero attached hydrogens (tertiary/aromatic N) is 1. The number of nitrogens with one attached hydrogen (secondary N) is 2. The van der Waals surface area contributed by atoms with Crippen LogP contribution in [0, 0.1) is 0 Å². The van der Waals surface area contributed by atoms with Crippen LogP contribution in [0.3, 0.4) is 0 Å². The molecule has 1 aromatic rings. The van der Waals surface area contributed by atoms with Crippen molar-refractivity contribution in [3.8, 4) is 0 Å². The maximum absolute atomic E-state index is 12.4. The summed E-state index contributed by atoms with van der Waals surface area (Å²) >= 11 is 1.53. The third-order valence-corrected chi connectivity index (χ3v) is 5.40. The van der Waals surface area contributed by atoms with Crippen molar-refractivity contribution >= 4 is 29.3 Å². The van der Waals surface area contributed by atoms with E-state index in [9.17, 15) is 9.59 Å². The van der Waals surface area contributed by atoms with Crippen LogP contribution in [0.15, 0.2) is 23.1 Å². The van der Waals surface area contributed by atoms with Crippen LogP contribution in [-0.4, -0.2) is 48.1 Å². The second kappa shape index (κ2) is 6.30. The molecule has 0 aromatic heterocycles. The van der Waals surface area contributed by atoms with Gasteiger partial charge in [-0.05, 0) is 58.1 Å². The Kier molecular flexibility index (Phi) is 4.40. The number of amides is 2. The summed E-state index contributed by atoms with van der Waals surface area (Å²) in [4.78, 5) is 27.4. The molecule has 0 spiro atoms. The van der Waals surface area contributed by atoms with Gasteiger partial charge >= 0.3 is 0 Å². The van der Waals surface area contributed by atoms with Crippen molar-refractivity contribution in [1.29, 1.82) is 0 Å². The molecule has 0 aliphatic carbocycles. The standard InChI is InChI=1S/C16H21N3O2S/c1-10-15(20)18-13-9-11(3-4-14(13)22-10)16(21)17-12-5-7-19(2)8-6-12/h3-4,9-10,12H,5-8H2,1-2H3,(H,17,21)(H,18,20). The molecule has 2 aliphatic heterocycles. The summed E-state index contributed by atoms with van der Waals surface area (Å²) in [5.41, 5.74) is 1.34. The van der Waals surface area contributed by atoms with E-state index in [4.69, 9.17) is 0 Å². The van der Waals surface area contributed by atoms with Crippen LogP contribution < -0.4 is 10.6 Å². The zero-order valence-corrected chi connectivity index (χ0v) is 13.7. The third-order valence-electron chi connectivity index (χ3n) is 4.23. The van der Waals surface area contributed by atoms with Gasteiger partial charge in [0.2, 0.25) is 5.91 Å². The highest BCUT2D eigenvalue weighted by Gasteiger charge is 2.24. The summed E-state index contributed by atoms with van der Waals surface area (Å²) in [5, 5.41) is 5.87. The topological polar surface area (TPSA) is 61.4 Å². The van der Waals surface area contributed by atoms with Gasteiger partial charge in [-0.2, -0.15) is 0 Å². The fraction of sp³-hybridized carbons (Fsp3) is 0.500. The molecule has 1 unspecified atom stereocenters. The second-order valence-corrected chi connectivity index (χ2v) is 7.39. The van der Waals surface area contributed by atoms with Crippen molar-refractivity contribution in [1.82, 2.24) is 10.2 Å². The zero-order valence-electron chi connectivity index (χ0n) is 12.9. The average Bonchev–Trinajstić information content (AvgIpc) is 2.50. The predicted molar refractivity (Wildman–Crippen MR) is 88.4 cm³/mol. The zero-order chi connectivity index (χ0) is 15.7. The molecule has 0 bridgehead atoms. The molecule has 118 valence electrons. The number of fused-ring (bicyclic) bond motifs is 1. The van der Waals surface area contributed by atoms with E-state index in [1.165, 1.54) is 11.8 Å². The summed E-state index contributed by atoms with van der Waals surface area (Å²) in [5.74, 6) is -0.0689. The van der Waals surface area contributed by atoms with E-state index in [1.807, 2.05) is 19.1 Å². The smallest absolute Gasteiger partial charge is 0.251 e. The summed E-state index contributed by atoms with van der Waals surface area (Å²) in [6, 6.07) is 5.76.